The van der Waals surface area contributed by atoms with Gasteiger partial charge in [-0.05, 0) is 25.3 Å². The summed E-state index contributed by atoms with van der Waals surface area (Å²) in [4.78, 5) is 25.2. The average Bonchev–Trinajstić information content (AvgIpc) is 3.20. The summed E-state index contributed by atoms with van der Waals surface area (Å²) in [6.45, 7) is 3.28. The lowest BCUT2D eigenvalue weighted by Gasteiger charge is -2.35. The summed E-state index contributed by atoms with van der Waals surface area (Å²) < 4.78 is 26.6. The zero-order chi connectivity index (χ0) is 17.5. The first-order valence-corrected chi connectivity index (χ1v) is 10.2. The number of sulfonamides is 1. The van der Waals surface area contributed by atoms with E-state index in [2.05, 4.69) is 0 Å². The fraction of sp³-hybridized carbons (Fsp3) is 0.600. The van der Waals surface area contributed by atoms with Crippen molar-refractivity contribution >= 4 is 33.2 Å². The van der Waals surface area contributed by atoms with Gasteiger partial charge in [-0.2, -0.15) is 4.31 Å². The zero-order valence-electron chi connectivity index (χ0n) is 13.4. The van der Waals surface area contributed by atoms with Gasteiger partial charge in [-0.1, -0.05) is 6.92 Å². The molecule has 3 rings (SSSR count). The number of amides is 1. The quantitative estimate of drug-likeness (QED) is 0.844. The van der Waals surface area contributed by atoms with Crippen LogP contribution in [0.1, 0.15) is 36.5 Å². The summed E-state index contributed by atoms with van der Waals surface area (Å²) in [7, 11) is -3.70. The third-order valence-electron chi connectivity index (χ3n) is 4.93. The molecule has 1 saturated heterocycles. The highest BCUT2D eigenvalue weighted by Crippen LogP contribution is 2.50. The van der Waals surface area contributed by atoms with Gasteiger partial charge in [0.2, 0.25) is 5.91 Å². The third-order valence-corrected chi connectivity index (χ3v) is 8.24. The molecule has 1 saturated carbocycles. The van der Waals surface area contributed by atoms with E-state index >= 15 is 0 Å². The molecule has 0 atom stereocenters. The fourth-order valence-electron chi connectivity index (χ4n) is 3.03. The van der Waals surface area contributed by atoms with Gasteiger partial charge < -0.3 is 10.0 Å². The van der Waals surface area contributed by atoms with Gasteiger partial charge in [-0.3, -0.25) is 4.79 Å². The van der Waals surface area contributed by atoms with E-state index in [-0.39, 0.29) is 34.2 Å². The lowest BCUT2D eigenvalue weighted by Crippen LogP contribution is -2.52. The van der Waals surface area contributed by atoms with E-state index < -0.39 is 16.0 Å². The normalized spacial score (nSPS) is 20.8. The van der Waals surface area contributed by atoms with Gasteiger partial charge in [0.25, 0.3) is 10.0 Å². The Kier molecular flexibility index (Phi) is 4.43. The van der Waals surface area contributed by atoms with E-state index in [4.69, 9.17) is 5.11 Å². The summed E-state index contributed by atoms with van der Waals surface area (Å²) in [6.07, 6.45) is 2.68. The first kappa shape index (κ1) is 17.4. The zero-order valence-corrected chi connectivity index (χ0v) is 15.0. The van der Waals surface area contributed by atoms with Crippen molar-refractivity contribution < 1.29 is 23.1 Å². The van der Waals surface area contributed by atoms with Gasteiger partial charge in [-0.15, -0.1) is 11.3 Å². The number of hydrogen-bond acceptors (Lipinski definition) is 5. The van der Waals surface area contributed by atoms with Gasteiger partial charge in [0.05, 0.1) is 5.56 Å². The van der Waals surface area contributed by atoms with E-state index in [1.54, 1.807) is 4.90 Å². The number of aromatic carboxylic acids is 1. The molecule has 0 unspecified atom stereocenters. The second kappa shape index (κ2) is 6.12. The molecule has 132 valence electrons. The highest BCUT2D eigenvalue weighted by atomic mass is 32.2. The maximum Gasteiger partial charge on any atom is 0.336 e. The first-order chi connectivity index (χ1) is 11.3. The molecule has 1 aliphatic heterocycles. The Labute approximate surface area is 144 Å². The summed E-state index contributed by atoms with van der Waals surface area (Å²) >= 11 is 0.912. The Balaban J connectivity index is 1.67. The number of carbonyl (C=O) groups excluding carboxylic acids is 1. The van der Waals surface area contributed by atoms with Gasteiger partial charge in [-0.25, -0.2) is 13.2 Å². The number of nitrogens with zero attached hydrogens (tertiary/aromatic N) is 2. The molecule has 2 aliphatic rings. The number of carboxylic acid groups (broad SMARTS) is 1. The highest BCUT2D eigenvalue weighted by molar-refractivity contribution is 7.91. The van der Waals surface area contributed by atoms with Crippen LogP contribution in [0, 0.1) is 5.41 Å². The summed E-state index contributed by atoms with van der Waals surface area (Å²) in [5, 5.41) is 10.3. The number of piperazine rings is 1. The molecule has 24 heavy (non-hydrogen) atoms. The van der Waals surface area contributed by atoms with E-state index in [1.165, 1.54) is 15.8 Å². The van der Waals surface area contributed by atoms with E-state index in [0.717, 1.165) is 30.6 Å². The first-order valence-electron chi connectivity index (χ1n) is 7.91. The Hall–Kier alpha value is -1.45. The van der Waals surface area contributed by atoms with E-state index in [1.807, 2.05) is 6.92 Å². The lowest BCUT2D eigenvalue weighted by atomic mass is 10.0. The van der Waals surface area contributed by atoms with Crippen molar-refractivity contribution in [2.24, 2.45) is 5.41 Å². The smallest absolute Gasteiger partial charge is 0.336 e. The average molecular weight is 372 g/mol. The summed E-state index contributed by atoms with van der Waals surface area (Å²) in [5.41, 5.74) is -0.225. The van der Waals surface area contributed by atoms with Gasteiger partial charge >= 0.3 is 5.97 Å². The van der Waals surface area contributed by atoms with Gasteiger partial charge in [0.1, 0.15) is 4.21 Å². The Morgan fingerprint density at radius 3 is 2.33 bits per heavy atom. The van der Waals surface area contributed by atoms with Crippen molar-refractivity contribution in [3.63, 3.8) is 0 Å². The van der Waals surface area contributed by atoms with Crippen LogP contribution in [0.15, 0.2) is 15.7 Å². The summed E-state index contributed by atoms with van der Waals surface area (Å²) in [6, 6.07) is 1.19. The second-order valence-corrected chi connectivity index (χ2v) is 9.37. The molecular formula is C15H20N2O5S2. The fourth-order valence-corrected chi connectivity index (χ4v) is 5.76. The minimum absolute atomic E-state index is 0.0222. The van der Waals surface area contributed by atoms with Crippen molar-refractivity contribution in [1.82, 2.24) is 9.21 Å². The highest BCUT2D eigenvalue weighted by Gasteiger charge is 2.50. The Morgan fingerprint density at radius 1 is 1.25 bits per heavy atom. The van der Waals surface area contributed by atoms with Crippen LogP contribution >= 0.6 is 11.3 Å². The van der Waals surface area contributed by atoms with Crippen LogP contribution in [0.4, 0.5) is 0 Å². The molecule has 7 nitrogen and oxygen atoms in total. The van der Waals surface area contributed by atoms with Crippen molar-refractivity contribution in [3.05, 3.63) is 17.0 Å². The van der Waals surface area contributed by atoms with Crippen LogP contribution < -0.4 is 0 Å². The van der Waals surface area contributed by atoms with Crippen LogP contribution in [0.5, 0.6) is 0 Å². The number of thiophene rings is 1. The van der Waals surface area contributed by atoms with Crippen LogP contribution in [-0.2, 0) is 14.8 Å². The SMILES string of the molecule is CCC1(C(=O)N2CCN(S(=O)(=O)c3cc(C(=O)O)cs3)CC2)CC1. The predicted molar refractivity (Wildman–Crippen MR) is 88.6 cm³/mol. The van der Waals surface area contributed by atoms with Crippen LogP contribution in [0.2, 0.25) is 0 Å². The van der Waals surface area contributed by atoms with E-state index in [0.29, 0.717) is 13.1 Å². The number of hydrogen-bond donors (Lipinski definition) is 1. The second-order valence-electron chi connectivity index (χ2n) is 6.29. The molecule has 1 aliphatic carbocycles. The molecule has 1 aromatic heterocycles. The molecule has 1 aromatic rings. The minimum Gasteiger partial charge on any atom is -0.478 e. The molecule has 9 heteroatoms. The van der Waals surface area contributed by atoms with Crippen LogP contribution in [0.3, 0.4) is 0 Å². The Bertz CT molecular complexity index is 759. The number of rotatable bonds is 5. The molecular weight excluding hydrogens is 352 g/mol. The molecule has 1 N–H and O–H groups in total. The van der Waals surface area contributed by atoms with Crippen molar-refractivity contribution in [1.29, 1.82) is 0 Å². The van der Waals surface area contributed by atoms with Gasteiger partial charge in [0.15, 0.2) is 0 Å². The van der Waals surface area contributed by atoms with Crippen molar-refractivity contribution in [2.75, 3.05) is 26.2 Å². The predicted octanol–water partition coefficient (Wildman–Crippen LogP) is 1.47. The van der Waals surface area contributed by atoms with Crippen molar-refractivity contribution in [2.45, 2.75) is 30.4 Å². The van der Waals surface area contributed by atoms with Crippen LogP contribution in [0.25, 0.3) is 0 Å². The maximum absolute atomic E-state index is 12.6. The Morgan fingerprint density at radius 2 is 1.88 bits per heavy atom. The monoisotopic (exact) mass is 372 g/mol. The summed E-state index contributed by atoms with van der Waals surface area (Å²) in [5.74, 6) is -0.997. The molecule has 0 radical (unpaired) electrons. The molecule has 1 amide bonds. The third kappa shape index (κ3) is 2.96. The van der Waals surface area contributed by atoms with Gasteiger partial charge in [0, 0.05) is 37.0 Å². The topological polar surface area (TPSA) is 95.0 Å². The van der Waals surface area contributed by atoms with Crippen molar-refractivity contribution in [3.8, 4) is 0 Å². The largest absolute Gasteiger partial charge is 0.478 e. The lowest BCUT2D eigenvalue weighted by molar-refractivity contribution is -0.138. The van der Waals surface area contributed by atoms with E-state index in [9.17, 15) is 18.0 Å². The molecule has 2 heterocycles. The molecule has 2 fully saturated rings. The minimum atomic E-state index is -3.70. The number of carboxylic acids is 1. The number of carbonyl (C=O) groups is 2. The standard InChI is InChI=1S/C15H20N2O5S2/c1-2-15(3-4-15)14(20)16-5-7-17(8-6-16)24(21,22)12-9-11(10-23-12)13(18)19/h9-10H,2-8H2,1H3,(H,18,19). The van der Waals surface area contributed by atoms with Crippen LogP contribution in [-0.4, -0.2) is 60.8 Å². The molecule has 0 spiro atoms. The molecule has 0 bridgehead atoms. The maximum atomic E-state index is 12.6. The molecule has 0 aromatic carbocycles.